The Kier molecular flexibility index (Phi) is 3.25. The molecule has 86 valence electrons. The van der Waals surface area contributed by atoms with Crippen molar-refractivity contribution in [3.8, 4) is 0 Å². The minimum atomic E-state index is -0.496. The summed E-state index contributed by atoms with van der Waals surface area (Å²) in [5.41, 5.74) is 0.350. The van der Waals surface area contributed by atoms with Crippen LogP contribution < -0.4 is 10.9 Å². The second-order valence-corrected chi connectivity index (χ2v) is 3.74. The normalized spacial score (nSPS) is 9.94. The van der Waals surface area contributed by atoms with E-state index in [9.17, 15) is 9.59 Å². The van der Waals surface area contributed by atoms with Crippen LogP contribution in [0, 0.1) is 0 Å². The summed E-state index contributed by atoms with van der Waals surface area (Å²) in [5, 5.41) is 3.16. The lowest BCUT2D eigenvalue weighted by Crippen LogP contribution is -2.12. The zero-order valence-electron chi connectivity index (χ0n) is 8.64. The van der Waals surface area contributed by atoms with Crippen LogP contribution in [0.4, 0.5) is 5.69 Å². The molecule has 2 aromatic rings. The van der Waals surface area contributed by atoms with Crippen LogP contribution >= 0.6 is 11.6 Å². The quantitative estimate of drug-likeness (QED) is 0.890. The standard InChI is InChI=1S/C12H8ClNO3/c13-9-2-1-3-10(6-9)14-12(16)8-4-5-11(15)17-7-8/h1-7H,(H,14,16). The summed E-state index contributed by atoms with van der Waals surface area (Å²) >= 11 is 5.78. The molecule has 0 spiro atoms. The van der Waals surface area contributed by atoms with Gasteiger partial charge in [-0.25, -0.2) is 4.79 Å². The third-order valence-corrected chi connectivity index (χ3v) is 2.28. The molecule has 2 rings (SSSR count). The third-order valence-electron chi connectivity index (χ3n) is 2.05. The molecule has 1 N–H and O–H groups in total. The maximum Gasteiger partial charge on any atom is 0.335 e. The van der Waals surface area contributed by atoms with Crippen LogP contribution in [-0.4, -0.2) is 5.91 Å². The van der Waals surface area contributed by atoms with Gasteiger partial charge in [0.2, 0.25) is 0 Å². The van der Waals surface area contributed by atoms with Crippen molar-refractivity contribution in [3.63, 3.8) is 0 Å². The Bertz CT molecular complexity index is 586. The van der Waals surface area contributed by atoms with Gasteiger partial charge in [0, 0.05) is 16.8 Å². The van der Waals surface area contributed by atoms with Crippen molar-refractivity contribution in [2.45, 2.75) is 0 Å². The topological polar surface area (TPSA) is 59.3 Å². The van der Waals surface area contributed by atoms with Gasteiger partial charge in [-0.2, -0.15) is 0 Å². The molecule has 4 nitrogen and oxygen atoms in total. The van der Waals surface area contributed by atoms with Gasteiger partial charge >= 0.3 is 5.63 Å². The Morgan fingerprint density at radius 2 is 2.06 bits per heavy atom. The monoisotopic (exact) mass is 249 g/mol. The van der Waals surface area contributed by atoms with E-state index in [2.05, 4.69) is 9.73 Å². The molecule has 0 saturated heterocycles. The van der Waals surface area contributed by atoms with Gasteiger partial charge in [0.1, 0.15) is 6.26 Å². The number of benzene rings is 1. The van der Waals surface area contributed by atoms with E-state index < -0.39 is 5.63 Å². The Balaban J connectivity index is 2.17. The predicted octanol–water partition coefficient (Wildman–Crippen LogP) is 2.55. The van der Waals surface area contributed by atoms with Crippen molar-refractivity contribution < 1.29 is 9.21 Å². The number of rotatable bonds is 2. The fourth-order valence-electron chi connectivity index (χ4n) is 1.26. The molecular formula is C12H8ClNO3. The Hall–Kier alpha value is -2.07. The summed E-state index contributed by atoms with van der Waals surface area (Å²) in [6.07, 6.45) is 1.11. The van der Waals surface area contributed by atoms with Crippen LogP contribution in [0.3, 0.4) is 0 Å². The first-order valence-electron chi connectivity index (χ1n) is 4.81. The van der Waals surface area contributed by atoms with Gasteiger partial charge in [-0.05, 0) is 24.3 Å². The van der Waals surface area contributed by atoms with Crippen molar-refractivity contribution in [1.29, 1.82) is 0 Å². The number of hydrogen-bond donors (Lipinski definition) is 1. The Morgan fingerprint density at radius 1 is 1.24 bits per heavy atom. The van der Waals surface area contributed by atoms with E-state index in [4.69, 9.17) is 11.6 Å². The number of carbonyl (C=O) groups is 1. The number of halogens is 1. The highest BCUT2D eigenvalue weighted by molar-refractivity contribution is 6.30. The van der Waals surface area contributed by atoms with E-state index in [1.54, 1.807) is 24.3 Å². The van der Waals surface area contributed by atoms with Crippen LogP contribution in [-0.2, 0) is 0 Å². The first-order valence-corrected chi connectivity index (χ1v) is 5.19. The lowest BCUT2D eigenvalue weighted by atomic mass is 10.2. The fourth-order valence-corrected chi connectivity index (χ4v) is 1.45. The minimum absolute atomic E-state index is 0.268. The maximum absolute atomic E-state index is 11.7. The van der Waals surface area contributed by atoms with Crippen molar-refractivity contribution >= 4 is 23.2 Å². The van der Waals surface area contributed by atoms with Crippen molar-refractivity contribution in [2.24, 2.45) is 0 Å². The van der Waals surface area contributed by atoms with Gasteiger partial charge in [-0.15, -0.1) is 0 Å². The lowest BCUT2D eigenvalue weighted by Gasteiger charge is -2.04. The molecule has 0 aliphatic heterocycles. The zero-order valence-corrected chi connectivity index (χ0v) is 9.40. The number of nitrogens with one attached hydrogen (secondary N) is 1. The summed E-state index contributed by atoms with van der Waals surface area (Å²) in [6, 6.07) is 9.35. The summed E-state index contributed by atoms with van der Waals surface area (Å²) in [5.74, 6) is -0.365. The highest BCUT2D eigenvalue weighted by Gasteiger charge is 2.06. The molecule has 0 unspecified atom stereocenters. The molecule has 0 radical (unpaired) electrons. The highest BCUT2D eigenvalue weighted by atomic mass is 35.5. The van der Waals surface area contributed by atoms with E-state index >= 15 is 0 Å². The Morgan fingerprint density at radius 3 is 2.71 bits per heavy atom. The van der Waals surface area contributed by atoms with Crippen LogP contribution in [0.15, 0.2) is 51.9 Å². The molecule has 1 amide bonds. The summed E-state index contributed by atoms with van der Waals surface area (Å²) in [4.78, 5) is 22.5. The van der Waals surface area contributed by atoms with E-state index in [-0.39, 0.29) is 11.5 Å². The molecule has 1 aromatic carbocycles. The van der Waals surface area contributed by atoms with Crippen molar-refractivity contribution in [3.05, 3.63) is 63.7 Å². The molecule has 5 heteroatoms. The molecule has 0 aliphatic rings. The smallest absolute Gasteiger partial charge is 0.335 e. The lowest BCUT2D eigenvalue weighted by molar-refractivity contribution is 0.102. The van der Waals surface area contributed by atoms with Gasteiger partial charge in [0.25, 0.3) is 5.91 Å². The van der Waals surface area contributed by atoms with Gasteiger partial charge in [0.05, 0.1) is 5.56 Å². The van der Waals surface area contributed by atoms with Crippen LogP contribution in [0.25, 0.3) is 0 Å². The van der Waals surface area contributed by atoms with Crippen LogP contribution in [0.2, 0.25) is 5.02 Å². The third kappa shape index (κ3) is 2.95. The van der Waals surface area contributed by atoms with E-state index in [1.807, 2.05) is 0 Å². The molecule has 1 heterocycles. The maximum atomic E-state index is 11.7. The average molecular weight is 250 g/mol. The Labute approximate surface area is 102 Å². The summed E-state index contributed by atoms with van der Waals surface area (Å²) in [7, 11) is 0. The second-order valence-electron chi connectivity index (χ2n) is 3.31. The first-order chi connectivity index (χ1) is 8.15. The fraction of sp³-hybridized carbons (Fsp3) is 0. The van der Waals surface area contributed by atoms with Crippen LogP contribution in [0.1, 0.15) is 10.4 Å². The molecular weight excluding hydrogens is 242 g/mol. The van der Waals surface area contributed by atoms with E-state index in [1.165, 1.54) is 12.1 Å². The summed E-state index contributed by atoms with van der Waals surface area (Å²) < 4.78 is 4.60. The summed E-state index contributed by atoms with van der Waals surface area (Å²) in [6.45, 7) is 0. The number of carbonyl (C=O) groups excluding carboxylic acids is 1. The van der Waals surface area contributed by atoms with Gasteiger partial charge < -0.3 is 9.73 Å². The SMILES string of the molecule is O=C(Nc1cccc(Cl)c1)c1ccc(=O)oc1. The minimum Gasteiger partial charge on any atom is -0.430 e. The molecule has 0 atom stereocenters. The van der Waals surface area contributed by atoms with Crippen LogP contribution in [0.5, 0.6) is 0 Å². The van der Waals surface area contributed by atoms with Crippen molar-refractivity contribution in [2.75, 3.05) is 5.32 Å². The zero-order chi connectivity index (χ0) is 12.3. The molecule has 0 fully saturated rings. The van der Waals surface area contributed by atoms with Gasteiger partial charge in [-0.3, -0.25) is 4.79 Å². The number of hydrogen-bond acceptors (Lipinski definition) is 3. The van der Waals surface area contributed by atoms with E-state index in [0.717, 1.165) is 6.26 Å². The predicted molar refractivity (Wildman–Crippen MR) is 64.4 cm³/mol. The molecule has 1 aromatic heterocycles. The average Bonchev–Trinajstić information content (AvgIpc) is 2.29. The molecule has 0 bridgehead atoms. The molecule has 0 saturated carbocycles. The van der Waals surface area contributed by atoms with Gasteiger partial charge in [0.15, 0.2) is 0 Å². The van der Waals surface area contributed by atoms with Gasteiger partial charge in [-0.1, -0.05) is 17.7 Å². The van der Waals surface area contributed by atoms with Crippen molar-refractivity contribution in [1.82, 2.24) is 0 Å². The number of anilines is 1. The second kappa shape index (κ2) is 4.84. The first kappa shape index (κ1) is 11.4. The largest absolute Gasteiger partial charge is 0.430 e. The number of amides is 1. The molecule has 0 aliphatic carbocycles. The molecule has 17 heavy (non-hydrogen) atoms. The van der Waals surface area contributed by atoms with E-state index in [0.29, 0.717) is 10.7 Å². The highest BCUT2D eigenvalue weighted by Crippen LogP contribution is 2.15.